The van der Waals surface area contributed by atoms with Gasteiger partial charge in [0.15, 0.2) is 0 Å². The molecule has 2 aromatic carbocycles. The molecule has 0 spiro atoms. The lowest BCUT2D eigenvalue weighted by Crippen LogP contribution is -2.45. The van der Waals surface area contributed by atoms with E-state index in [-0.39, 0.29) is 23.3 Å². The molecule has 3 atom stereocenters. The largest absolute Gasteiger partial charge is 0.484 e. The van der Waals surface area contributed by atoms with Crippen LogP contribution in [0.2, 0.25) is 0 Å². The molecule has 4 heterocycles. The van der Waals surface area contributed by atoms with Gasteiger partial charge in [0.1, 0.15) is 35.2 Å². The summed E-state index contributed by atoms with van der Waals surface area (Å²) in [4.78, 5) is 17.8. The van der Waals surface area contributed by atoms with Crippen LogP contribution in [0.1, 0.15) is 37.5 Å². The van der Waals surface area contributed by atoms with Gasteiger partial charge >= 0.3 is 11.7 Å². The Morgan fingerprint density at radius 3 is 2.51 bits per heavy atom. The zero-order chi connectivity index (χ0) is 35.2. The van der Waals surface area contributed by atoms with Crippen LogP contribution in [0.3, 0.4) is 0 Å². The van der Waals surface area contributed by atoms with E-state index in [9.17, 15) is 31.5 Å². The number of ether oxygens (including phenoxy) is 1. The number of carbonyl (C=O) groups is 1. The summed E-state index contributed by atoms with van der Waals surface area (Å²) in [6, 6.07) is 9.13. The van der Waals surface area contributed by atoms with Crippen molar-refractivity contribution in [1.29, 1.82) is 0 Å². The second kappa shape index (κ2) is 13.0. The van der Waals surface area contributed by atoms with Crippen molar-refractivity contribution in [2.75, 3.05) is 24.0 Å². The minimum Gasteiger partial charge on any atom is -0.484 e. The number of pyridine rings is 1. The number of fused-ring (bicyclic) bond motifs is 1. The normalized spacial score (nSPS) is 17.8. The minimum atomic E-state index is -5.05. The van der Waals surface area contributed by atoms with Crippen LogP contribution in [0.25, 0.3) is 33.3 Å². The fourth-order valence-electron chi connectivity index (χ4n) is 6.12. The molecule has 5 aromatic rings. The highest BCUT2D eigenvalue weighted by molar-refractivity contribution is 7.93. The zero-order valence-corrected chi connectivity index (χ0v) is 27.4. The number of likely N-dealkylation sites (tertiary alicyclic amines) is 1. The number of hydrogen-bond acceptors (Lipinski definition) is 9. The van der Waals surface area contributed by atoms with Gasteiger partial charge in [0.2, 0.25) is 0 Å². The second-order valence-corrected chi connectivity index (χ2v) is 13.6. The number of carboxylic acids is 1. The van der Waals surface area contributed by atoms with Crippen molar-refractivity contribution in [3.8, 4) is 28.1 Å². The van der Waals surface area contributed by atoms with Gasteiger partial charge in [0.25, 0.3) is 10.0 Å². The van der Waals surface area contributed by atoms with Crippen molar-refractivity contribution in [3.05, 3.63) is 72.4 Å². The molecule has 6 rings (SSSR count). The van der Waals surface area contributed by atoms with Crippen LogP contribution < -0.4 is 15.2 Å². The van der Waals surface area contributed by atoms with Crippen LogP contribution in [0, 0.1) is 5.82 Å². The van der Waals surface area contributed by atoms with E-state index in [1.54, 1.807) is 43.0 Å². The Morgan fingerprint density at radius 1 is 1.10 bits per heavy atom. The first kappa shape index (κ1) is 33.7. The van der Waals surface area contributed by atoms with Crippen molar-refractivity contribution in [1.82, 2.24) is 29.4 Å². The van der Waals surface area contributed by atoms with E-state index in [4.69, 9.17) is 15.6 Å². The highest BCUT2D eigenvalue weighted by Crippen LogP contribution is 2.40. The molecule has 1 fully saturated rings. The molecule has 0 saturated carbocycles. The number of aromatic nitrogens is 5. The van der Waals surface area contributed by atoms with E-state index in [2.05, 4.69) is 10.1 Å². The van der Waals surface area contributed by atoms with Crippen LogP contribution in [0.4, 0.5) is 24.7 Å². The van der Waals surface area contributed by atoms with E-state index in [1.165, 1.54) is 42.5 Å². The molecular formula is C32H33F3N8O5S. The standard InChI is InChI=1S/C32H33F3N8O5S/c1-17(18-4-7-21(33)8-5-18)48-26-12-19(6-10-24(26)40-49(46,47)32(34)35)28-27-29(42(3)39-28)23(14-37-30(27)36)20-13-38-43(15-20)22-9-11-25(31(44)45)41(2)16-22/h4-8,10,12-15,17,22,25,32,40H,9,11,16H2,1-3H3,(H2,36,37)(H,44,45)/t17-,22?,25?/m0/s1. The number of aliphatic carboxylic acids is 1. The number of carboxylic acid groups (broad SMARTS) is 1. The van der Waals surface area contributed by atoms with E-state index in [0.29, 0.717) is 52.7 Å². The molecule has 4 N–H and O–H groups in total. The molecule has 0 bridgehead atoms. The lowest BCUT2D eigenvalue weighted by Gasteiger charge is -2.34. The Kier molecular flexibility index (Phi) is 8.98. The number of likely N-dealkylation sites (N-methyl/N-ethyl adjacent to an activating group) is 1. The molecule has 49 heavy (non-hydrogen) atoms. The van der Waals surface area contributed by atoms with Gasteiger partial charge in [0, 0.05) is 42.7 Å². The fraction of sp³-hybridized carbons (Fsp3) is 0.312. The number of halogens is 3. The number of nitrogens with zero attached hydrogens (tertiary/aromatic N) is 6. The predicted molar refractivity (Wildman–Crippen MR) is 176 cm³/mol. The second-order valence-electron chi connectivity index (χ2n) is 11.9. The molecule has 1 saturated heterocycles. The number of nitrogens with one attached hydrogen (secondary N) is 1. The number of nitrogen functional groups attached to an aromatic ring is 1. The van der Waals surface area contributed by atoms with Gasteiger partial charge in [-0.15, -0.1) is 0 Å². The van der Waals surface area contributed by atoms with Crippen LogP contribution in [-0.4, -0.2) is 74.3 Å². The number of benzene rings is 2. The first-order valence-electron chi connectivity index (χ1n) is 15.2. The number of nitrogens with two attached hydrogens (primary N) is 1. The lowest BCUT2D eigenvalue weighted by atomic mass is 9.99. The Balaban J connectivity index is 1.39. The third kappa shape index (κ3) is 6.63. The summed E-state index contributed by atoms with van der Waals surface area (Å²) >= 11 is 0. The molecule has 1 aliphatic heterocycles. The average Bonchev–Trinajstić information content (AvgIpc) is 3.68. The molecule has 258 valence electrons. The summed E-state index contributed by atoms with van der Waals surface area (Å²) in [6.07, 6.45) is 5.56. The van der Waals surface area contributed by atoms with Crippen LogP contribution in [-0.2, 0) is 21.9 Å². The zero-order valence-electron chi connectivity index (χ0n) is 26.6. The SMILES string of the molecule is C[C@H](Oc1cc(-c2nn(C)c3c(-c4cnn(C5CCC(C(=O)O)N(C)C5)c4)cnc(N)c23)ccc1NS(=O)(=O)C(F)F)c1ccc(F)cc1. The van der Waals surface area contributed by atoms with E-state index >= 15 is 0 Å². The number of aryl methyl sites for hydroxylation is 1. The van der Waals surface area contributed by atoms with Gasteiger partial charge in [-0.05, 0) is 56.6 Å². The van der Waals surface area contributed by atoms with Crippen molar-refractivity contribution in [2.24, 2.45) is 7.05 Å². The topological polar surface area (TPSA) is 170 Å². The van der Waals surface area contributed by atoms with Crippen molar-refractivity contribution < 1.29 is 36.2 Å². The Bertz CT molecular complexity index is 2140. The number of rotatable bonds is 10. The van der Waals surface area contributed by atoms with Gasteiger partial charge in [-0.2, -0.15) is 19.0 Å². The fourth-order valence-corrected chi connectivity index (χ4v) is 6.68. The first-order valence-corrected chi connectivity index (χ1v) is 16.7. The minimum absolute atomic E-state index is 0.0367. The maximum absolute atomic E-state index is 13.5. The number of sulfonamides is 1. The first-order chi connectivity index (χ1) is 23.2. The van der Waals surface area contributed by atoms with Gasteiger partial charge in [-0.25, -0.2) is 17.8 Å². The highest BCUT2D eigenvalue weighted by Gasteiger charge is 2.32. The smallest absolute Gasteiger partial charge is 0.355 e. The Morgan fingerprint density at radius 2 is 1.84 bits per heavy atom. The summed E-state index contributed by atoms with van der Waals surface area (Å²) in [5.41, 5.74) is 9.54. The maximum atomic E-state index is 13.5. The molecule has 0 aliphatic carbocycles. The van der Waals surface area contributed by atoms with Crippen molar-refractivity contribution in [3.63, 3.8) is 0 Å². The summed E-state index contributed by atoms with van der Waals surface area (Å²) in [5, 5.41) is 19.2. The maximum Gasteiger partial charge on any atom is 0.355 e. The Hall–Kier alpha value is -5.16. The molecule has 13 nitrogen and oxygen atoms in total. The molecule has 0 amide bonds. The quantitative estimate of drug-likeness (QED) is 0.180. The third-order valence-electron chi connectivity index (χ3n) is 8.65. The average molecular weight is 699 g/mol. The summed E-state index contributed by atoms with van der Waals surface area (Å²) in [5.74, 6) is -4.92. The van der Waals surface area contributed by atoms with E-state index in [0.717, 1.165) is 5.56 Å². The van der Waals surface area contributed by atoms with Gasteiger partial charge < -0.3 is 15.6 Å². The van der Waals surface area contributed by atoms with Crippen LogP contribution in [0.5, 0.6) is 5.75 Å². The molecule has 3 aromatic heterocycles. The molecule has 2 unspecified atom stereocenters. The number of alkyl halides is 2. The summed E-state index contributed by atoms with van der Waals surface area (Å²) < 4.78 is 75.8. The third-order valence-corrected chi connectivity index (χ3v) is 9.63. The number of anilines is 2. The van der Waals surface area contributed by atoms with E-state index in [1.807, 2.05) is 15.6 Å². The predicted octanol–water partition coefficient (Wildman–Crippen LogP) is 5.04. The Labute approximate surface area is 279 Å². The molecule has 1 aliphatic rings. The van der Waals surface area contributed by atoms with E-state index < -0.39 is 39.7 Å². The molecular weight excluding hydrogens is 665 g/mol. The highest BCUT2D eigenvalue weighted by atomic mass is 32.2. The summed E-state index contributed by atoms with van der Waals surface area (Å²) in [6.45, 7) is 2.16. The van der Waals surface area contributed by atoms with Gasteiger partial charge in [0.05, 0.1) is 28.8 Å². The molecule has 17 heteroatoms. The van der Waals surface area contributed by atoms with Crippen LogP contribution >= 0.6 is 0 Å². The lowest BCUT2D eigenvalue weighted by molar-refractivity contribution is -0.144. The van der Waals surface area contributed by atoms with Gasteiger partial charge in [-0.3, -0.25) is 23.8 Å². The molecule has 0 radical (unpaired) electrons. The summed E-state index contributed by atoms with van der Waals surface area (Å²) in [7, 11) is -1.55. The number of hydrogen-bond donors (Lipinski definition) is 3. The van der Waals surface area contributed by atoms with Gasteiger partial charge in [-0.1, -0.05) is 18.2 Å². The van der Waals surface area contributed by atoms with Crippen molar-refractivity contribution >= 4 is 38.4 Å². The van der Waals surface area contributed by atoms with Crippen molar-refractivity contribution in [2.45, 2.75) is 43.7 Å². The number of piperidine rings is 1. The monoisotopic (exact) mass is 698 g/mol. The van der Waals surface area contributed by atoms with Crippen LogP contribution in [0.15, 0.2) is 61.1 Å².